The smallest absolute Gasteiger partial charge is 0.266 e. The van der Waals surface area contributed by atoms with E-state index in [0.29, 0.717) is 27.3 Å². The highest BCUT2D eigenvalue weighted by Gasteiger charge is 2.34. The molecule has 0 aliphatic carbocycles. The second-order valence-corrected chi connectivity index (χ2v) is 8.58. The van der Waals surface area contributed by atoms with Crippen molar-refractivity contribution in [1.29, 1.82) is 0 Å². The molecule has 2 amide bonds. The number of thioether (sulfide) groups is 1. The molecule has 0 saturated carbocycles. The number of methoxy groups -OCH3 is 2. The number of nitrogens with zero attached hydrogens (tertiary/aromatic N) is 2. The number of benzene rings is 2. The van der Waals surface area contributed by atoms with Crippen molar-refractivity contribution in [2.45, 2.75) is 6.54 Å². The van der Waals surface area contributed by atoms with Crippen LogP contribution in [0.3, 0.4) is 0 Å². The Hall–Kier alpha value is -2.88. The van der Waals surface area contributed by atoms with Gasteiger partial charge in [0.2, 0.25) is 5.91 Å². The van der Waals surface area contributed by atoms with Crippen LogP contribution in [-0.2, 0) is 16.1 Å². The van der Waals surface area contributed by atoms with Gasteiger partial charge in [-0.25, -0.2) is 0 Å². The number of hydrogen-bond acceptors (Lipinski definition) is 7. The van der Waals surface area contributed by atoms with Crippen molar-refractivity contribution in [1.82, 2.24) is 9.80 Å². The van der Waals surface area contributed by atoms with Gasteiger partial charge in [-0.05, 0) is 29.3 Å². The molecule has 32 heavy (non-hydrogen) atoms. The summed E-state index contributed by atoms with van der Waals surface area (Å²) in [6.07, 6.45) is 1.71. The van der Waals surface area contributed by atoms with E-state index in [9.17, 15) is 14.7 Å². The van der Waals surface area contributed by atoms with Crippen LogP contribution in [0.15, 0.2) is 53.4 Å². The number of amides is 2. The second kappa shape index (κ2) is 11.1. The fourth-order valence-corrected chi connectivity index (χ4v) is 4.44. The van der Waals surface area contributed by atoms with Gasteiger partial charge in [-0.2, -0.15) is 0 Å². The van der Waals surface area contributed by atoms with E-state index in [1.165, 1.54) is 9.80 Å². The molecule has 1 heterocycles. The van der Waals surface area contributed by atoms with Gasteiger partial charge in [-0.1, -0.05) is 60.4 Å². The SMILES string of the molecule is COc1ccc(C=C2SC(=S)N(CC(=O)N(CCO)Cc3ccccc3)C2=O)cc1OC. The Bertz CT molecular complexity index is 1030. The minimum atomic E-state index is -0.327. The molecular weight excluding hydrogens is 448 g/mol. The average molecular weight is 473 g/mol. The third-order valence-electron chi connectivity index (χ3n) is 4.81. The van der Waals surface area contributed by atoms with E-state index in [1.54, 1.807) is 32.4 Å². The molecule has 3 rings (SSSR count). The Kier molecular flexibility index (Phi) is 8.26. The Morgan fingerprint density at radius 3 is 2.53 bits per heavy atom. The number of ether oxygens (including phenoxy) is 2. The molecular formula is C23H24N2O5S2. The molecule has 0 bridgehead atoms. The zero-order valence-corrected chi connectivity index (χ0v) is 19.4. The lowest BCUT2D eigenvalue weighted by atomic mass is 10.2. The summed E-state index contributed by atoms with van der Waals surface area (Å²) in [5, 5.41) is 9.38. The van der Waals surface area contributed by atoms with Crippen LogP contribution in [0, 0.1) is 0 Å². The van der Waals surface area contributed by atoms with E-state index in [2.05, 4.69) is 0 Å². The number of carbonyl (C=O) groups is 2. The Morgan fingerprint density at radius 2 is 1.88 bits per heavy atom. The van der Waals surface area contributed by atoms with Gasteiger partial charge >= 0.3 is 0 Å². The van der Waals surface area contributed by atoms with Crippen LogP contribution < -0.4 is 9.47 Å². The highest BCUT2D eigenvalue weighted by Crippen LogP contribution is 2.34. The molecule has 1 fully saturated rings. The van der Waals surface area contributed by atoms with Crippen molar-refractivity contribution < 1.29 is 24.2 Å². The van der Waals surface area contributed by atoms with E-state index in [0.717, 1.165) is 22.9 Å². The van der Waals surface area contributed by atoms with E-state index in [1.807, 2.05) is 36.4 Å². The zero-order valence-electron chi connectivity index (χ0n) is 17.8. The monoisotopic (exact) mass is 472 g/mol. The van der Waals surface area contributed by atoms with Crippen molar-refractivity contribution in [3.63, 3.8) is 0 Å². The largest absolute Gasteiger partial charge is 0.493 e. The normalized spacial score (nSPS) is 14.7. The Labute approximate surface area is 196 Å². The first-order valence-corrected chi connectivity index (χ1v) is 11.1. The molecule has 168 valence electrons. The summed E-state index contributed by atoms with van der Waals surface area (Å²) in [4.78, 5) is 29.1. The van der Waals surface area contributed by atoms with Gasteiger partial charge in [-0.15, -0.1) is 0 Å². The van der Waals surface area contributed by atoms with Crippen LogP contribution in [-0.4, -0.2) is 65.0 Å². The van der Waals surface area contributed by atoms with Gasteiger partial charge in [-0.3, -0.25) is 14.5 Å². The van der Waals surface area contributed by atoms with Gasteiger partial charge in [0.1, 0.15) is 10.9 Å². The van der Waals surface area contributed by atoms with E-state index >= 15 is 0 Å². The molecule has 1 aliphatic heterocycles. The maximum atomic E-state index is 12.9. The van der Waals surface area contributed by atoms with Crippen molar-refractivity contribution in [2.75, 3.05) is 33.9 Å². The summed E-state index contributed by atoms with van der Waals surface area (Å²) in [6.45, 7) is 0.164. The van der Waals surface area contributed by atoms with Crippen LogP contribution in [0.5, 0.6) is 11.5 Å². The maximum absolute atomic E-state index is 12.9. The predicted octanol–water partition coefficient (Wildman–Crippen LogP) is 2.93. The molecule has 0 radical (unpaired) electrons. The van der Waals surface area contributed by atoms with E-state index < -0.39 is 0 Å². The van der Waals surface area contributed by atoms with Gasteiger partial charge in [0, 0.05) is 13.1 Å². The maximum Gasteiger partial charge on any atom is 0.266 e. The molecule has 1 saturated heterocycles. The summed E-state index contributed by atoms with van der Waals surface area (Å²) in [5.74, 6) is 0.524. The van der Waals surface area contributed by atoms with Gasteiger partial charge in [0.15, 0.2) is 11.5 Å². The first-order chi connectivity index (χ1) is 15.5. The fourth-order valence-electron chi connectivity index (χ4n) is 3.18. The summed E-state index contributed by atoms with van der Waals surface area (Å²) in [6, 6.07) is 14.8. The summed E-state index contributed by atoms with van der Waals surface area (Å²) < 4.78 is 10.9. The third kappa shape index (κ3) is 5.67. The topological polar surface area (TPSA) is 79.3 Å². The molecule has 7 nitrogen and oxygen atoms in total. The molecule has 0 unspecified atom stereocenters. The molecule has 2 aromatic carbocycles. The van der Waals surface area contributed by atoms with Gasteiger partial charge in [0.05, 0.1) is 25.7 Å². The molecule has 2 aromatic rings. The van der Waals surface area contributed by atoms with Crippen LogP contribution in [0.1, 0.15) is 11.1 Å². The first-order valence-electron chi connectivity index (χ1n) is 9.86. The second-order valence-electron chi connectivity index (χ2n) is 6.91. The molecule has 9 heteroatoms. The van der Waals surface area contributed by atoms with Crippen molar-refractivity contribution >= 4 is 46.2 Å². The summed E-state index contributed by atoms with van der Waals surface area (Å²) in [7, 11) is 3.10. The minimum absolute atomic E-state index is 0.170. The summed E-state index contributed by atoms with van der Waals surface area (Å²) >= 11 is 6.51. The highest BCUT2D eigenvalue weighted by atomic mass is 32.2. The number of aliphatic hydroxyl groups excluding tert-OH is 1. The lowest BCUT2D eigenvalue weighted by Crippen LogP contribution is -2.42. The van der Waals surface area contributed by atoms with Crippen LogP contribution in [0.2, 0.25) is 0 Å². The lowest BCUT2D eigenvalue weighted by molar-refractivity contribution is -0.136. The predicted molar refractivity (Wildman–Crippen MR) is 128 cm³/mol. The molecule has 0 aromatic heterocycles. The quantitative estimate of drug-likeness (QED) is 0.444. The lowest BCUT2D eigenvalue weighted by Gasteiger charge is -2.24. The van der Waals surface area contributed by atoms with Crippen LogP contribution >= 0.6 is 24.0 Å². The van der Waals surface area contributed by atoms with Gasteiger partial charge < -0.3 is 19.5 Å². The van der Waals surface area contributed by atoms with E-state index in [4.69, 9.17) is 21.7 Å². The molecule has 1 N–H and O–H groups in total. The van der Waals surface area contributed by atoms with E-state index in [-0.39, 0.29) is 31.5 Å². The fraction of sp³-hybridized carbons (Fsp3) is 0.261. The Morgan fingerprint density at radius 1 is 1.16 bits per heavy atom. The first kappa shape index (κ1) is 23.8. The number of hydrogen-bond donors (Lipinski definition) is 1. The molecule has 0 atom stereocenters. The standard InChI is InChI=1S/C23H24N2O5S2/c1-29-18-9-8-17(12-19(18)30-2)13-20-22(28)25(23(31)32-20)15-21(27)24(10-11-26)14-16-6-4-3-5-7-16/h3-9,12-13,26H,10-11,14-15H2,1-2H3. The number of rotatable bonds is 9. The number of carbonyl (C=O) groups excluding carboxylic acids is 2. The summed E-state index contributed by atoms with van der Waals surface area (Å²) in [5.41, 5.74) is 1.69. The van der Waals surface area contributed by atoms with Crippen molar-refractivity contribution in [3.8, 4) is 11.5 Å². The zero-order chi connectivity index (χ0) is 23.1. The average Bonchev–Trinajstić information content (AvgIpc) is 3.06. The number of thiocarbonyl (C=S) groups is 1. The molecule has 0 spiro atoms. The highest BCUT2D eigenvalue weighted by molar-refractivity contribution is 8.26. The third-order valence-corrected chi connectivity index (χ3v) is 6.19. The van der Waals surface area contributed by atoms with Crippen LogP contribution in [0.4, 0.5) is 0 Å². The van der Waals surface area contributed by atoms with Crippen molar-refractivity contribution in [3.05, 3.63) is 64.6 Å². The molecule has 1 aliphatic rings. The van der Waals surface area contributed by atoms with Crippen molar-refractivity contribution in [2.24, 2.45) is 0 Å². The number of aliphatic hydroxyl groups is 1. The Balaban J connectivity index is 1.73. The van der Waals surface area contributed by atoms with Crippen LogP contribution in [0.25, 0.3) is 6.08 Å². The van der Waals surface area contributed by atoms with Gasteiger partial charge in [0.25, 0.3) is 5.91 Å². The minimum Gasteiger partial charge on any atom is -0.493 e.